The molecule has 1 heterocycles. The Morgan fingerprint density at radius 2 is 1.90 bits per heavy atom. The van der Waals surface area contributed by atoms with E-state index in [1.807, 2.05) is 27.7 Å². The zero-order valence-corrected chi connectivity index (χ0v) is 13.9. The van der Waals surface area contributed by atoms with E-state index >= 15 is 0 Å². The molecule has 21 heavy (non-hydrogen) atoms. The van der Waals surface area contributed by atoms with Crippen LogP contribution < -0.4 is 0 Å². The normalized spacial score (nSPS) is 22.8. The Morgan fingerprint density at radius 1 is 1.33 bits per heavy atom. The number of rotatable bonds is 5. The van der Waals surface area contributed by atoms with E-state index < -0.39 is 28.4 Å². The van der Waals surface area contributed by atoms with E-state index in [-0.39, 0.29) is 35.2 Å². The van der Waals surface area contributed by atoms with Crippen molar-refractivity contribution in [2.75, 3.05) is 18.1 Å². The van der Waals surface area contributed by atoms with Crippen molar-refractivity contribution in [2.24, 2.45) is 11.3 Å². The molecule has 0 spiro atoms. The number of carboxylic acid groups (broad SMARTS) is 1. The third kappa shape index (κ3) is 5.30. The first-order valence-corrected chi connectivity index (χ1v) is 8.96. The molecule has 0 aromatic carbocycles. The van der Waals surface area contributed by atoms with E-state index in [1.165, 1.54) is 4.90 Å². The second kappa shape index (κ2) is 6.34. The zero-order valence-electron chi connectivity index (χ0n) is 13.1. The number of sulfone groups is 1. The molecule has 6 nitrogen and oxygen atoms in total. The van der Waals surface area contributed by atoms with Gasteiger partial charge >= 0.3 is 5.97 Å². The van der Waals surface area contributed by atoms with Gasteiger partial charge in [-0.1, -0.05) is 27.7 Å². The van der Waals surface area contributed by atoms with Crippen LogP contribution in [0.5, 0.6) is 0 Å². The van der Waals surface area contributed by atoms with Crippen LogP contribution in [0, 0.1) is 11.3 Å². The highest BCUT2D eigenvalue weighted by Crippen LogP contribution is 2.29. The maximum atomic E-state index is 12.4. The van der Waals surface area contributed by atoms with Crippen molar-refractivity contribution in [3.63, 3.8) is 0 Å². The minimum atomic E-state index is -3.15. The first-order chi connectivity index (χ1) is 9.42. The smallest absolute Gasteiger partial charge is 0.323 e. The fraction of sp³-hybridized carbons (Fsp3) is 0.857. The van der Waals surface area contributed by atoms with Crippen LogP contribution in [0.25, 0.3) is 0 Å². The maximum Gasteiger partial charge on any atom is 0.323 e. The number of carbonyl (C=O) groups is 2. The number of amides is 1. The molecule has 7 heteroatoms. The predicted octanol–water partition coefficient (Wildman–Crippen LogP) is 1.16. The lowest BCUT2D eigenvalue weighted by Gasteiger charge is -2.31. The number of carboxylic acids is 1. The first kappa shape index (κ1) is 17.9. The van der Waals surface area contributed by atoms with Crippen molar-refractivity contribution in [2.45, 2.75) is 46.6 Å². The number of carbonyl (C=O) groups excluding carboxylic acids is 1. The molecule has 0 saturated carbocycles. The molecule has 2 unspecified atom stereocenters. The molecular formula is C14H25NO5S. The van der Waals surface area contributed by atoms with Crippen LogP contribution in [0.3, 0.4) is 0 Å². The summed E-state index contributed by atoms with van der Waals surface area (Å²) in [5, 5.41) is 8.97. The standard InChI is InChI=1S/C14H25NO5S/c1-10(14(2,3)4)7-12(16)15(8-13(17)18)11-5-6-21(19,20)9-11/h10-11H,5-9H2,1-4H3,(H,17,18). The minimum Gasteiger partial charge on any atom is -0.480 e. The largest absolute Gasteiger partial charge is 0.480 e. The highest BCUT2D eigenvalue weighted by atomic mass is 32.2. The van der Waals surface area contributed by atoms with Crippen molar-refractivity contribution in [3.8, 4) is 0 Å². The average Bonchev–Trinajstić information content (AvgIpc) is 2.64. The summed E-state index contributed by atoms with van der Waals surface area (Å²) in [6, 6.07) is -0.509. The van der Waals surface area contributed by atoms with Gasteiger partial charge in [0.05, 0.1) is 11.5 Å². The molecule has 0 radical (unpaired) electrons. The van der Waals surface area contributed by atoms with Crippen LogP contribution in [0.2, 0.25) is 0 Å². The summed E-state index contributed by atoms with van der Waals surface area (Å²) in [4.78, 5) is 24.6. The molecule has 0 aliphatic carbocycles. The lowest BCUT2D eigenvalue weighted by atomic mass is 9.80. The summed E-state index contributed by atoms with van der Waals surface area (Å²) in [5.74, 6) is -1.41. The summed E-state index contributed by atoms with van der Waals surface area (Å²) in [6.45, 7) is 7.57. The molecule has 0 bridgehead atoms. The van der Waals surface area contributed by atoms with Crippen molar-refractivity contribution in [3.05, 3.63) is 0 Å². The van der Waals surface area contributed by atoms with E-state index in [9.17, 15) is 18.0 Å². The fourth-order valence-corrected chi connectivity index (χ4v) is 4.00. The van der Waals surface area contributed by atoms with Gasteiger partial charge in [0.15, 0.2) is 9.84 Å². The second-order valence-electron chi connectivity index (χ2n) is 6.94. The SMILES string of the molecule is CC(CC(=O)N(CC(=O)O)C1CCS(=O)(=O)C1)C(C)(C)C. The van der Waals surface area contributed by atoms with Gasteiger partial charge in [-0.2, -0.15) is 0 Å². The number of nitrogens with zero attached hydrogens (tertiary/aromatic N) is 1. The van der Waals surface area contributed by atoms with Crippen LogP contribution in [-0.2, 0) is 19.4 Å². The second-order valence-corrected chi connectivity index (χ2v) is 9.17. The molecular weight excluding hydrogens is 294 g/mol. The molecule has 1 aliphatic rings. The molecule has 0 aromatic heterocycles. The monoisotopic (exact) mass is 319 g/mol. The van der Waals surface area contributed by atoms with Crippen molar-refractivity contribution < 1.29 is 23.1 Å². The third-order valence-electron chi connectivity index (χ3n) is 4.23. The van der Waals surface area contributed by atoms with Gasteiger partial charge < -0.3 is 10.0 Å². The van der Waals surface area contributed by atoms with Crippen molar-refractivity contribution in [1.82, 2.24) is 4.90 Å². The predicted molar refractivity (Wildman–Crippen MR) is 79.6 cm³/mol. The molecule has 1 rings (SSSR count). The quantitative estimate of drug-likeness (QED) is 0.821. The lowest BCUT2D eigenvalue weighted by Crippen LogP contribution is -2.45. The topological polar surface area (TPSA) is 91.8 Å². The Bertz CT molecular complexity index is 506. The van der Waals surface area contributed by atoms with Crippen molar-refractivity contribution in [1.29, 1.82) is 0 Å². The Kier molecular flexibility index (Phi) is 5.41. The molecule has 2 atom stereocenters. The highest BCUT2D eigenvalue weighted by Gasteiger charge is 2.36. The van der Waals surface area contributed by atoms with Crippen LogP contribution >= 0.6 is 0 Å². The number of hydrogen-bond donors (Lipinski definition) is 1. The fourth-order valence-electron chi connectivity index (χ4n) is 2.27. The molecule has 0 aromatic rings. The van der Waals surface area contributed by atoms with E-state index in [0.29, 0.717) is 6.42 Å². The Morgan fingerprint density at radius 3 is 2.29 bits per heavy atom. The van der Waals surface area contributed by atoms with Crippen LogP contribution in [0.1, 0.15) is 40.5 Å². The Labute approximate surface area is 126 Å². The van der Waals surface area contributed by atoms with E-state index in [4.69, 9.17) is 5.11 Å². The van der Waals surface area contributed by atoms with Gasteiger partial charge in [-0.3, -0.25) is 9.59 Å². The summed E-state index contributed by atoms with van der Waals surface area (Å²) in [7, 11) is -3.15. The summed E-state index contributed by atoms with van der Waals surface area (Å²) in [5.41, 5.74) is -0.0632. The maximum absolute atomic E-state index is 12.4. The molecule has 1 aliphatic heterocycles. The van der Waals surface area contributed by atoms with Crippen LogP contribution in [0.15, 0.2) is 0 Å². The summed E-state index contributed by atoms with van der Waals surface area (Å²) >= 11 is 0. The van der Waals surface area contributed by atoms with E-state index in [1.54, 1.807) is 0 Å². The summed E-state index contributed by atoms with van der Waals surface area (Å²) < 4.78 is 23.1. The Hall–Kier alpha value is -1.11. The third-order valence-corrected chi connectivity index (χ3v) is 5.98. The van der Waals surface area contributed by atoms with Gasteiger partial charge in [0.1, 0.15) is 6.54 Å². The van der Waals surface area contributed by atoms with Gasteiger partial charge in [0.2, 0.25) is 5.91 Å². The van der Waals surface area contributed by atoms with Crippen molar-refractivity contribution >= 4 is 21.7 Å². The summed E-state index contributed by atoms with van der Waals surface area (Å²) in [6.07, 6.45) is 0.554. The van der Waals surface area contributed by atoms with E-state index in [0.717, 1.165) is 0 Å². The van der Waals surface area contributed by atoms with Gasteiger partial charge in [0, 0.05) is 12.5 Å². The molecule has 1 N–H and O–H groups in total. The molecule has 1 amide bonds. The minimum absolute atomic E-state index is 0.0237. The van der Waals surface area contributed by atoms with Crippen LogP contribution in [-0.4, -0.2) is 54.4 Å². The molecule has 1 saturated heterocycles. The van der Waals surface area contributed by atoms with Gasteiger partial charge in [-0.25, -0.2) is 8.42 Å². The van der Waals surface area contributed by atoms with Gasteiger partial charge in [-0.05, 0) is 17.8 Å². The Balaban J connectivity index is 2.83. The average molecular weight is 319 g/mol. The number of hydrogen-bond acceptors (Lipinski definition) is 4. The van der Waals surface area contributed by atoms with Gasteiger partial charge in [-0.15, -0.1) is 0 Å². The lowest BCUT2D eigenvalue weighted by molar-refractivity contribution is -0.146. The zero-order chi connectivity index (χ0) is 16.4. The first-order valence-electron chi connectivity index (χ1n) is 7.14. The number of aliphatic carboxylic acids is 1. The molecule has 1 fully saturated rings. The van der Waals surface area contributed by atoms with Gasteiger partial charge in [0.25, 0.3) is 0 Å². The molecule has 122 valence electrons. The van der Waals surface area contributed by atoms with Crippen LogP contribution in [0.4, 0.5) is 0 Å². The highest BCUT2D eigenvalue weighted by molar-refractivity contribution is 7.91. The van der Waals surface area contributed by atoms with E-state index in [2.05, 4.69) is 0 Å².